The van der Waals surface area contributed by atoms with Crippen molar-refractivity contribution in [2.24, 2.45) is 0 Å². The van der Waals surface area contributed by atoms with Crippen LogP contribution in [0, 0.1) is 22.7 Å². The largest absolute Gasteiger partial charge is 0.371 e. The zero-order valence-corrected chi connectivity index (χ0v) is 12.0. The van der Waals surface area contributed by atoms with Crippen LogP contribution < -0.4 is 21.1 Å². The fourth-order valence-electron chi connectivity index (χ4n) is 1.72. The topological polar surface area (TPSA) is 71.6 Å². The Kier molecular flexibility index (Phi) is 6.71. The van der Waals surface area contributed by atoms with Crippen LogP contribution in [0.1, 0.15) is 26.7 Å². The highest BCUT2D eigenvalue weighted by Gasteiger charge is 1.97. The van der Waals surface area contributed by atoms with Crippen LogP contribution in [-0.4, -0.2) is 13.1 Å². The highest BCUT2D eigenvalue weighted by Crippen LogP contribution is 1.88. The van der Waals surface area contributed by atoms with E-state index in [4.69, 9.17) is 10.5 Å². The van der Waals surface area contributed by atoms with E-state index in [9.17, 15) is 0 Å². The third-order valence-corrected chi connectivity index (χ3v) is 2.79. The number of nitrogens with zero attached hydrogens (tertiary/aromatic N) is 2. The molecule has 0 radical (unpaired) electrons. The zero-order chi connectivity index (χ0) is 14.8. The molecule has 4 heteroatoms. The molecule has 1 rings (SSSR count). The standard InChI is InChI=1S/C16H20N4/c1-3-9-19-16(20-10-4-2)14-7-5-13(6-8-14)15(11-17)12-18/h5-8,19-20H,3-4,9-10H2,1-2H3. The monoisotopic (exact) mass is 268 g/mol. The number of hydrogen-bond acceptors (Lipinski definition) is 4. The molecule has 0 fully saturated rings. The highest BCUT2D eigenvalue weighted by molar-refractivity contribution is 5.72. The summed E-state index contributed by atoms with van der Waals surface area (Å²) in [6.45, 7) is 6.05. The van der Waals surface area contributed by atoms with E-state index in [1.54, 1.807) is 12.1 Å². The SMILES string of the molecule is CCCNC(NCCC)=c1ccc(=C(C#N)C#N)cc1. The van der Waals surface area contributed by atoms with Gasteiger partial charge < -0.3 is 10.6 Å². The molecule has 4 nitrogen and oxygen atoms in total. The van der Waals surface area contributed by atoms with Crippen LogP contribution in [0.5, 0.6) is 0 Å². The molecular formula is C16H20N4. The maximum atomic E-state index is 8.85. The fraction of sp³-hybridized carbons (Fsp3) is 0.375. The van der Waals surface area contributed by atoms with Crippen LogP contribution in [0.25, 0.3) is 11.4 Å². The predicted molar refractivity (Wildman–Crippen MR) is 80.3 cm³/mol. The number of nitrogens with one attached hydrogen (secondary N) is 2. The maximum absolute atomic E-state index is 8.85. The molecule has 0 bridgehead atoms. The van der Waals surface area contributed by atoms with Gasteiger partial charge in [-0.05, 0) is 12.8 Å². The second-order valence-electron chi connectivity index (χ2n) is 4.40. The lowest BCUT2D eigenvalue weighted by atomic mass is 10.2. The van der Waals surface area contributed by atoms with Crippen molar-refractivity contribution in [3.8, 4) is 12.1 Å². The van der Waals surface area contributed by atoms with Crippen molar-refractivity contribution < 1.29 is 0 Å². The lowest BCUT2D eigenvalue weighted by molar-refractivity contribution is 0.731. The zero-order valence-electron chi connectivity index (χ0n) is 12.0. The van der Waals surface area contributed by atoms with Gasteiger partial charge in [0, 0.05) is 23.5 Å². The van der Waals surface area contributed by atoms with E-state index in [1.165, 1.54) is 0 Å². The summed E-state index contributed by atoms with van der Waals surface area (Å²) in [5.41, 5.74) is 0.140. The quantitative estimate of drug-likeness (QED) is 0.806. The van der Waals surface area contributed by atoms with E-state index in [2.05, 4.69) is 24.5 Å². The van der Waals surface area contributed by atoms with Crippen LogP contribution in [0.2, 0.25) is 0 Å². The van der Waals surface area contributed by atoms with Gasteiger partial charge in [0.2, 0.25) is 0 Å². The third-order valence-electron chi connectivity index (χ3n) is 2.79. The summed E-state index contributed by atoms with van der Waals surface area (Å²) in [7, 11) is 0. The molecule has 0 amide bonds. The minimum atomic E-state index is 0.140. The number of nitriles is 2. The second-order valence-corrected chi connectivity index (χ2v) is 4.40. The summed E-state index contributed by atoms with van der Waals surface area (Å²) in [6, 6.07) is 11.3. The third kappa shape index (κ3) is 4.33. The van der Waals surface area contributed by atoms with Crippen molar-refractivity contribution in [1.82, 2.24) is 10.6 Å². The summed E-state index contributed by atoms with van der Waals surface area (Å²) < 4.78 is 0. The van der Waals surface area contributed by atoms with Gasteiger partial charge in [-0.15, -0.1) is 0 Å². The van der Waals surface area contributed by atoms with E-state index in [0.717, 1.165) is 37.0 Å². The first-order chi connectivity index (χ1) is 9.76. The Bertz CT molecular complexity index is 582. The van der Waals surface area contributed by atoms with E-state index >= 15 is 0 Å². The minimum Gasteiger partial charge on any atom is -0.371 e. The van der Waals surface area contributed by atoms with E-state index in [0.29, 0.717) is 5.22 Å². The van der Waals surface area contributed by atoms with Crippen molar-refractivity contribution in [2.45, 2.75) is 26.7 Å². The van der Waals surface area contributed by atoms with E-state index in [-0.39, 0.29) is 5.57 Å². The summed E-state index contributed by atoms with van der Waals surface area (Å²) in [5, 5.41) is 26.1. The molecule has 0 aromatic heterocycles. The molecule has 1 aromatic carbocycles. The number of hydrogen-bond donors (Lipinski definition) is 2. The molecule has 0 aliphatic heterocycles. The van der Waals surface area contributed by atoms with Gasteiger partial charge in [-0.25, -0.2) is 0 Å². The minimum absolute atomic E-state index is 0.140. The average Bonchev–Trinajstić information content (AvgIpc) is 2.50. The molecule has 1 aromatic rings. The van der Waals surface area contributed by atoms with Gasteiger partial charge in [0.05, 0.1) is 0 Å². The van der Waals surface area contributed by atoms with Gasteiger partial charge in [-0.1, -0.05) is 38.1 Å². The van der Waals surface area contributed by atoms with Gasteiger partial charge in [0.25, 0.3) is 0 Å². The molecule has 0 aliphatic carbocycles. The molecule has 0 spiro atoms. The highest BCUT2D eigenvalue weighted by atomic mass is 15.1. The molecule has 0 saturated heterocycles. The van der Waals surface area contributed by atoms with Crippen LogP contribution in [0.4, 0.5) is 0 Å². The Labute approximate surface area is 120 Å². The van der Waals surface area contributed by atoms with Gasteiger partial charge in [0.1, 0.15) is 23.5 Å². The van der Waals surface area contributed by atoms with Crippen molar-refractivity contribution in [3.05, 3.63) is 34.7 Å². The smallest absolute Gasteiger partial charge is 0.136 e. The molecule has 0 saturated carbocycles. The van der Waals surface area contributed by atoms with E-state index < -0.39 is 0 Å². The Hall–Kier alpha value is -2.46. The van der Waals surface area contributed by atoms with Gasteiger partial charge in [-0.3, -0.25) is 0 Å². The molecule has 0 heterocycles. The first kappa shape index (κ1) is 15.6. The average molecular weight is 268 g/mol. The molecular weight excluding hydrogens is 248 g/mol. The lowest BCUT2D eigenvalue weighted by Crippen LogP contribution is -2.32. The summed E-state index contributed by atoms with van der Waals surface area (Å²) in [5.74, 6) is 0.996. The molecule has 104 valence electrons. The summed E-state index contributed by atoms with van der Waals surface area (Å²) in [6.07, 6.45) is 2.10. The Morgan fingerprint density at radius 2 is 1.35 bits per heavy atom. The van der Waals surface area contributed by atoms with Gasteiger partial charge >= 0.3 is 0 Å². The predicted octanol–water partition coefficient (Wildman–Crippen LogP) is 0.949. The van der Waals surface area contributed by atoms with Crippen molar-refractivity contribution >= 4 is 11.4 Å². The second kappa shape index (κ2) is 8.61. The van der Waals surface area contributed by atoms with E-state index in [1.807, 2.05) is 24.3 Å². The Balaban J connectivity index is 3.20. The van der Waals surface area contributed by atoms with Crippen molar-refractivity contribution in [2.75, 3.05) is 13.1 Å². The van der Waals surface area contributed by atoms with Crippen LogP contribution >= 0.6 is 0 Å². The van der Waals surface area contributed by atoms with Crippen LogP contribution in [0.15, 0.2) is 24.3 Å². The lowest BCUT2D eigenvalue weighted by Gasteiger charge is -2.12. The van der Waals surface area contributed by atoms with Crippen molar-refractivity contribution in [1.29, 1.82) is 10.5 Å². The maximum Gasteiger partial charge on any atom is 0.136 e. The van der Waals surface area contributed by atoms with Gasteiger partial charge in [-0.2, -0.15) is 10.5 Å². The molecule has 0 unspecified atom stereocenters. The first-order valence-corrected chi connectivity index (χ1v) is 6.89. The fourth-order valence-corrected chi connectivity index (χ4v) is 1.72. The van der Waals surface area contributed by atoms with Crippen LogP contribution in [-0.2, 0) is 0 Å². The molecule has 20 heavy (non-hydrogen) atoms. The Morgan fingerprint density at radius 3 is 1.75 bits per heavy atom. The van der Waals surface area contributed by atoms with Gasteiger partial charge in [0.15, 0.2) is 0 Å². The normalized spacial score (nSPS) is 9.20. The number of rotatable bonds is 6. The molecule has 0 atom stereocenters. The van der Waals surface area contributed by atoms with Crippen molar-refractivity contribution in [3.63, 3.8) is 0 Å². The van der Waals surface area contributed by atoms with Crippen LogP contribution in [0.3, 0.4) is 0 Å². The molecule has 0 aliphatic rings. The first-order valence-electron chi connectivity index (χ1n) is 6.89. The summed E-state index contributed by atoms with van der Waals surface area (Å²) >= 11 is 0. The summed E-state index contributed by atoms with van der Waals surface area (Å²) in [4.78, 5) is 0. The number of benzene rings is 1. The Morgan fingerprint density at radius 1 is 0.900 bits per heavy atom. The molecule has 2 N–H and O–H groups in total.